The Morgan fingerprint density at radius 3 is 2.95 bits per heavy atom. The van der Waals surface area contributed by atoms with Gasteiger partial charge in [0.05, 0.1) is 17.0 Å². The molecule has 108 valence electrons. The van der Waals surface area contributed by atoms with Crippen molar-refractivity contribution in [3.8, 4) is 11.8 Å². The summed E-state index contributed by atoms with van der Waals surface area (Å²) < 4.78 is 0. The summed E-state index contributed by atoms with van der Waals surface area (Å²) >= 11 is 1.43. The smallest absolute Gasteiger partial charge is 0.252 e. The highest BCUT2D eigenvalue weighted by atomic mass is 32.1. The third-order valence-electron chi connectivity index (χ3n) is 2.76. The lowest BCUT2D eigenvalue weighted by Gasteiger charge is -2.03. The number of thiophene rings is 1. The van der Waals surface area contributed by atoms with E-state index in [0.29, 0.717) is 18.5 Å². The first-order valence-electron chi connectivity index (χ1n) is 6.65. The fraction of sp³-hybridized carbons (Fsp3) is 0.250. The fourth-order valence-corrected chi connectivity index (χ4v) is 2.45. The summed E-state index contributed by atoms with van der Waals surface area (Å²) in [5, 5.41) is 13.3. The zero-order chi connectivity index (χ0) is 14.9. The van der Waals surface area contributed by atoms with Crippen LogP contribution >= 0.6 is 11.3 Å². The molecule has 0 atom stereocenters. The molecule has 2 aromatic rings. The van der Waals surface area contributed by atoms with Gasteiger partial charge in [-0.1, -0.05) is 11.8 Å². The molecule has 0 aliphatic carbocycles. The summed E-state index contributed by atoms with van der Waals surface area (Å²) in [5.74, 6) is 5.68. The van der Waals surface area contributed by atoms with Crippen LogP contribution in [0.5, 0.6) is 0 Å². The maximum absolute atomic E-state index is 12.0. The lowest BCUT2D eigenvalue weighted by Crippen LogP contribution is -2.25. The Bertz CT molecular complexity index is 641. The number of rotatable bonds is 5. The molecule has 2 heterocycles. The van der Waals surface area contributed by atoms with E-state index in [4.69, 9.17) is 5.11 Å². The Morgan fingerprint density at radius 2 is 2.19 bits per heavy atom. The highest BCUT2D eigenvalue weighted by Gasteiger charge is 2.07. The maximum Gasteiger partial charge on any atom is 0.252 e. The van der Waals surface area contributed by atoms with Gasteiger partial charge in [0, 0.05) is 30.7 Å². The van der Waals surface area contributed by atoms with Gasteiger partial charge in [-0.05, 0) is 30.2 Å². The number of pyridine rings is 1. The van der Waals surface area contributed by atoms with Gasteiger partial charge in [-0.15, -0.1) is 11.3 Å². The molecule has 0 unspecified atom stereocenters. The van der Waals surface area contributed by atoms with Gasteiger partial charge in [0.25, 0.3) is 5.91 Å². The standard InChI is InChI=1S/C16H16N2O2S/c19-10-2-1-3-15-11-14(12-21-15)16(20)18-9-6-13-4-7-17-8-5-13/h4-5,7-8,11-12,19H,2,6,9-10H2,(H,18,20). The Kier molecular flexibility index (Phi) is 5.95. The Hall–Kier alpha value is -2.16. The number of hydrogen-bond donors (Lipinski definition) is 2. The van der Waals surface area contributed by atoms with Crippen LogP contribution in [0.2, 0.25) is 0 Å². The summed E-state index contributed by atoms with van der Waals surface area (Å²) in [5.41, 5.74) is 1.77. The third-order valence-corrected chi connectivity index (χ3v) is 3.60. The minimum Gasteiger partial charge on any atom is -0.395 e. The van der Waals surface area contributed by atoms with Gasteiger partial charge < -0.3 is 10.4 Å². The molecule has 2 N–H and O–H groups in total. The second kappa shape index (κ2) is 8.20. The highest BCUT2D eigenvalue weighted by molar-refractivity contribution is 7.10. The fourth-order valence-electron chi connectivity index (χ4n) is 1.70. The quantitative estimate of drug-likeness (QED) is 0.828. The van der Waals surface area contributed by atoms with Gasteiger partial charge in [0.15, 0.2) is 0 Å². The average molecular weight is 300 g/mol. The molecule has 0 radical (unpaired) electrons. The van der Waals surface area contributed by atoms with E-state index >= 15 is 0 Å². The van der Waals surface area contributed by atoms with E-state index in [1.54, 1.807) is 23.8 Å². The van der Waals surface area contributed by atoms with E-state index in [0.717, 1.165) is 16.9 Å². The molecule has 4 nitrogen and oxygen atoms in total. The van der Waals surface area contributed by atoms with Crippen molar-refractivity contribution >= 4 is 17.2 Å². The van der Waals surface area contributed by atoms with Crippen molar-refractivity contribution in [2.45, 2.75) is 12.8 Å². The molecule has 1 amide bonds. The second-order valence-electron chi connectivity index (χ2n) is 4.34. The highest BCUT2D eigenvalue weighted by Crippen LogP contribution is 2.13. The zero-order valence-corrected chi connectivity index (χ0v) is 12.3. The average Bonchev–Trinajstić information content (AvgIpc) is 2.97. The summed E-state index contributed by atoms with van der Waals surface area (Å²) in [6, 6.07) is 5.65. The van der Waals surface area contributed by atoms with E-state index < -0.39 is 0 Å². The molecule has 0 saturated carbocycles. The van der Waals surface area contributed by atoms with Crippen LogP contribution in [-0.2, 0) is 6.42 Å². The molecule has 0 aliphatic rings. The largest absolute Gasteiger partial charge is 0.395 e. The van der Waals surface area contributed by atoms with Gasteiger partial charge in [0.1, 0.15) is 0 Å². The lowest BCUT2D eigenvalue weighted by molar-refractivity contribution is 0.0954. The minimum atomic E-state index is -0.0875. The van der Waals surface area contributed by atoms with Gasteiger partial charge in [-0.25, -0.2) is 0 Å². The van der Waals surface area contributed by atoms with Crippen LogP contribution in [0.25, 0.3) is 0 Å². The van der Waals surface area contributed by atoms with E-state index in [1.165, 1.54) is 11.3 Å². The molecular weight excluding hydrogens is 284 g/mol. The van der Waals surface area contributed by atoms with E-state index in [1.807, 2.05) is 12.1 Å². The molecule has 21 heavy (non-hydrogen) atoms. The number of aliphatic hydroxyl groups excluding tert-OH is 1. The zero-order valence-electron chi connectivity index (χ0n) is 11.5. The molecule has 0 bridgehead atoms. The van der Waals surface area contributed by atoms with E-state index in [2.05, 4.69) is 22.1 Å². The Balaban J connectivity index is 1.82. The number of aromatic nitrogens is 1. The molecule has 0 saturated heterocycles. The van der Waals surface area contributed by atoms with E-state index in [9.17, 15) is 4.79 Å². The summed E-state index contributed by atoms with van der Waals surface area (Å²) in [4.78, 5) is 16.8. The molecule has 0 spiro atoms. The second-order valence-corrected chi connectivity index (χ2v) is 5.25. The number of carbonyl (C=O) groups is 1. The first kappa shape index (κ1) is 15.2. The third kappa shape index (κ3) is 5.03. The first-order valence-corrected chi connectivity index (χ1v) is 7.53. The van der Waals surface area contributed by atoms with Crippen LogP contribution in [0.1, 0.15) is 27.2 Å². The van der Waals surface area contributed by atoms with Gasteiger partial charge >= 0.3 is 0 Å². The molecule has 5 heteroatoms. The minimum absolute atomic E-state index is 0.0563. The molecule has 0 aliphatic heterocycles. The van der Waals surface area contributed by atoms with Crippen molar-refractivity contribution in [2.75, 3.05) is 13.2 Å². The summed E-state index contributed by atoms with van der Waals surface area (Å²) in [6.45, 7) is 0.644. The van der Waals surface area contributed by atoms with Crippen LogP contribution in [-0.4, -0.2) is 29.1 Å². The summed E-state index contributed by atoms with van der Waals surface area (Å²) in [6.07, 6.45) is 4.72. The van der Waals surface area contributed by atoms with Gasteiger partial charge in [0.2, 0.25) is 0 Å². The van der Waals surface area contributed by atoms with E-state index in [-0.39, 0.29) is 12.5 Å². The van der Waals surface area contributed by atoms with Crippen molar-refractivity contribution in [3.05, 3.63) is 52.0 Å². The topological polar surface area (TPSA) is 62.2 Å². The number of nitrogens with one attached hydrogen (secondary N) is 1. The normalized spacial score (nSPS) is 9.76. The summed E-state index contributed by atoms with van der Waals surface area (Å²) in [7, 11) is 0. The molecular formula is C16H16N2O2S. The predicted octanol–water partition coefficient (Wildman–Crippen LogP) is 1.85. The molecule has 0 aromatic carbocycles. The number of nitrogens with zero attached hydrogens (tertiary/aromatic N) is 1. The SMILES string of the molecule is O=C(NCCc1ccncc1)c1csc(C#CCCO)c1. The maximum atomic E-state index is 12.0. The van der Waals surface area contributed by atoms with Crippen LogP contribution in [0.4, 0.5) is 0 Å². The first-order chi connectivity index (χ1) is 10.3. The van der Waals surface area contributed by atoms with Crippen molar-refractivity contribution in [1.82, 2.24) is 10.3 Å². The van der Waals surface area contributed by atoms with Crippen molar-refractivity contribution in [1.29, 1.82) is 0 Å². The monoisotopic (exact) mass is 300 g/mol. The Labute approximate surface area is 127 Å². The number of carbonyl (C=O) groups excluding carboxylic acids is 1. The lowest BCUT2D eigenvalue weighted by atomic mass is 10.2. The van der Waals surface area contributed by atoms with Crippen LogP contribution in [0.3, 0.4) is 0 Å². The number of hydrogen-bond acceptors (Lipinski definition) is 4. The van der Waals surface area contributed by atoms with Crippen LogP contribution in [0.15, 0.2) is 36.0 Å². The van der Waals surface area contributed by atoms with Crippen molar-refractivity contribution in [3.63, 3.8) is 0 Å². The van der Waals surface area contributed by atoms with Crippen LogP contribution < -0.4 is 5.32 Å². The molecule has 2 aromatic heterocycles. The van der Waals surface area contributed by atoms with Gasteiger partial charge in [-0.3, -0.25) is 9.78 Å². The molecule has 2 rings (SSSR count). The predicted molar refractivity (Wildman–Crippen MR) is 83.2 cm³/mol. The van der Waals surface area contributed by atoms with Crippen LogP contribution in [0, 0.1) is 11.8 Å². The number of amides is 1. The van der Waals surface area contributed by atoms with Crippen molar-refractivity contribution < 1.29 is 9.90 Å². The number of aliphatic hydroxyl groups is 1. The van der Waals surface area contributed by atoms with Crippen molar-refractivity contribution in [2.24, 2.45) is 0 Å². The molecule has 0 fully saturated rings. The van der Waals surface area contributed by atoms with Gasteiger partial charge in [-0.2, -0.15) is 0 Å². The Morgan fingerprint density at radius 1 is 1.38 bits per heavy atom.